The normalized spacial score (nSPS) is 18.4. The number of hydrogen-bond acceptors (Lipinski definition) is 0. The molecule has 1 atom stereocenters. The zero-order valence-electron chi connectivity index (χ0n) is 10.1. The predicted octanol–water partition coefficient (Wildman–Crippen LogP) is 5.86. The topological polar surface area (TPSA) is 0 Å². The zero-order valence-corrected chi connectivity index (χ0v) is 11.0. The van der Waals surface area contributed by atoms with Gasteiger partial charge in [-0.2, -0.15) is 0 Å². The second-order valence-corrected chi connectivity index (χ2v) is 6.95. The second kappa shape index (κ2) is 4.47. The van der Waals surface area contributed by atoms with E-state index in [-0.39, 0.29) is 10.6 Å². The van der Waals surface area contributed by atoms with Gasteiger partial charge in [0.2, 0.25) is 0 Å². The summed E-state index contributed by atoms with van der Waals surface area (Å²) in [6.45, 7) is 0. The molecular formula is C14H13F4S+. The molecule has 0 amide bonds. The molecule has 0 saturated heterocycles. The lowest BCUT2D eigenvalue weighted by molar-refractivity contribution is -0.0868. The molecule has 1 aliphatic rings. The Hall–Kier alpha value is -1.10. The molecule has 1 aromatic heterocycles. The van der Waals surface area contributed by atoms with E-state index in [4.69, 9.17) is 0 Å². The van der Waals surface area contributed by atoms with Crippen molar-refractivity contribution in [2.45, 2.75) is 37.1 Å². The minimum atomic E-state index is -4.31. The molecule has 1 saturated carbocycles. The van der Waals surface area contributed by atoms with E-state index in [1.165, 1.54) is 12.1 Å². The summed E-state index contributed by atoms with van der Waals surface area (Å²) >= 11 is 0. The second-order valence-electron chi connectivity index (χ2n) is 4.96. The van der Waals surface area contributed by atoms with Gasteiger partial charge in [0.25, 0.3) is 0 Å². The van der Waals surface area contributed by atoms with Crippen molar-refractivity contribution in [3.8, 4) is 0 Å². The van der Waals surface area contributed by atoms with Gasteiger partial charge in [-0.25, -0.2) is 4.39 Å². The van der Waals surface area contributed by atoms with Crippen LogP contribution in [-0.2, 0) is 5.51 Å². The van der Waals surface area contributed by atoms with Gasteiger partial charge >= 0.3 is 5.51 Å². The Bertz CT molecular complexity index is 606. The first-order chi connectivity index (χ1) is 8.97. The quantitative estimate of drug-likeness (QED) is 0.455. The lowest BCUT2D eigenvalue weighted by Gasteiger charge is -2.05. The van der Waals surface area contributed by atoms with Crippen LogP contribution in [0.3, 0.4) is 0 Å². The van der Waals surface area contributed by atoms with E-state index < -0.39 is 21.8 Å². The maximum Gasteiger partial charge on any atom is 0.600 e. The van der Waals surface area contributed by atoms with Crippen molar-refractivity contribution in [1.82, 2.24) is 0 Å². The first kappa shape index (κ1) is 12.9. The van der Waals surface area contributed by atoms with E-state index >= 15 is 0 Å². The molecule has 1 heterocycles. The van der Waals surface area contributed by atoms with Crippen LogP contribution in [0.2, 0.25) is 0 Å². The monoisotopic (exact) mass is 289 g/mol. The largest absolute Gasteiger partial charge is 0.600 e. The van der Waals surface area contributed by atoms with Gasteiger partial charge in [-0.3, -0.25) is 0 Å². The molecule has 1 fully saturated rings. The molecule has 102 valence electrons. The zero-order chi connectivity index (χ0) is 13.6. The third-order valence-corrected chi connectivity index (χ3v) is 5.90. The highest BCUT2D eigenvalue weighted by Gasteiger charge is 2.49. The van der Waals surface area contributed by atoms with Gasteiger partial charge in [0.15, 0.2) is 9.58 Å². The molecule has 0 aliphatic heterocycles. The highest BCUT2D eigenvalue weighted by molar-refractivity contribution is 7.38. The van der Waals surface area contributed by atoms with Crippen molar-refractivity contribution in [2.75, 3.05) is 0 Å². The van der Waals surface area contributed by atoms with Crippen molar-refractivity contribution >= 4 is 20.6 Å². The Morgan fingerprint density at radius 2 is 1.74 bits per heavy atom. The van der Waals surface area contributed by atoms with Crippen molar-refractivity contribution in [3.63, 3.8) is 0 Å². The van der Waals surface area contributed by atoms with Crippen LogP contribution in [0.1, 0.15) is 36.5 Å². The van der Waals surface area contributed by atoms with E-state index in [1.807, 2.05) is 0 Å². The van der Waals surface area contributed by atoms with Gasteiger partial charge < -0.3 is 0 Å². The van der Waals surface area contributed by atoms with Crippen LogP contribution in [0.25, 0.3) is 10.1 Å². The lowest BCUT2D eigenvalue weighted by Crippen LogP contribution is -2.00. The molecule has 5 heteroatoms. The smallest absolute Gasteiger partial charge is 0.207 e. The summed E-state index contributed by atoms with van der Waals surface area (Å²) in [6.07, 6.45) is 3.62. The number of thiophene rings is 1. The maximum absolute atomic E-state index is 13.3. The van der Waals surface area contributed by atoms with Crippen LogP contribution < -0.4 is 0 Å². The number of hydrogen-bond donors (Lipinski definition) is 0. The van der Waals surface area contributed by atoms with Gasteiger partial charge in [-0.15, -0.1) is 13.2 Å². The maximum atomic E-state index is 13.3. The van der Waals surface area contributed by atoms with E-state index in [0.717, 1.165) is 31.7 Å². The number of benzene rings is 1. The van der Waals surface area contributed by atoms with E-state index in [0.29, 0.717) is 10.3 Å². The highest BCUT2D eigenvalue weighted by Crippen LogP contribution is 2.55. The van der Waals surface area contributed by atoms with Crippen LogP contribution in [-0.4, -0.2) is 0 Å². The number of fused-ring (bicyclic) bond motifs is 1. The molecule has 0 radical (unpaired) electrons. The van der Waals surface area contributed by atoms with Crippen LogP contribution >= 0.6 is 10.5 Å². The van der Waals surface area contributed by atoms with Crippen molar-refractivity contribution in [3.05, 3.63) is 35.0 Å². The molecule has 1 unspecified atom stereocenters. The number of rotatable bonds is 1. The van der Waals surface area contributed by atoms with Crippen LogP contribution in [0, 0.1) is 5.82 Å². The molecule has 1 aromatic carbocycles. The Morgan fingerprint density at radius 1 is 1.05 bits per heavy atom. The average Bonchev–Trinajstić information content (AvgIpc) is 2.92. The fourth-order valence-electron chi connectivity index (χ4n) is 2.90. The summed E-state index contributed by atoms with van der Waals surface area (Å²) in [5.41, 5.74) is -4.31. The number of halogens is 4. The summed E-state index contributed by atoms with van der Waals surface area (Å²) in [7, 11) is -1.94. The first-order valence-corrected chi connectivity index (χ1v) is 7.51. The van der Waals surface area contributed by atoms with Gasteiger partial charge in [0.05, 0.1) is 10.5 Å². The highest BCUT2D eigenvalue weighted by atomic mass is 32.2. The Kier molecular flexibility index (Phi) is 3.04. The molecule has 0 spiro atoms. The number of alkyl halides is 3. The van der Waals surface area contributed by atoms with Crippen LogP contribution in [0.15, 0.2) is 24.3 Å². The molecule has 1 aliphatic carbocycles. The minimum Gasteiger partial charge on any atom is -0.207 e. The molecule has 0 nitrogen and oxygen atoms in total. The Labute approximate surface area is 111 Å². The lowest BCUT2D eigenvalue weighted by atomic mass is 10.1. The van der Waals surface area contributed by atoms with Gasteiger partial charge in [-0.05, 0) is 25.0 Å². The third-order valence-electron chi connectivity index (χ3n) is 3.72. The van der Waals surface area contributed by atoms with Crippen molar-refractivity contribution < 1.29 is 17.6 Å². The van der Waals surface area contributed by atoms with E-state index in [1.54, 1.807) is 6.07 Å². The SMILES string of the molecule is Fc1ccc2cc(C3CCCC3)[s+](C(F)(F)F)c2c1. The van der Waals surface area contributed by atoms with Gasteiger partial charge in [0, 0.05) is 23.4 Å². The van der Waals surface area contributed by atoms with Crippen LogP contribution in [0.5, 0.6) is 0 Å². The van der Waals surface area contributed by atoms with Gasteiger partial charge in [0.1, 0.15) is 5.82 Å². The fraction of sp³-hybridized carbons (Fsp3) is 0.429. The average molecular weight is 289 g/mol. The molecule has 3 rings (SSSR count). The Balaban J connectivity index is 2.25. The third kappa shape index (κ3) is 2.24. The molecule has 0 bridgehead atoms. The molecule has 19 heavy (non-hydrogen) atoms. The summed E-state index contributed by atoms with van der Waals surface area (Å²) in [6, 6.07) is 5.37. The van der Waals surface area contributed by atoms with Crippen molar-refractivity contribution in [1.29, 1.82) is 0 Å². The summed E-state index contributed by atoms with van der Waals surface area (Å²) in [5, 5.41) is 0.531. The predicted molar refractivity (Wildman–Crippen MR) is 68.9 cm³/mol. The van der Waals surface area contributed by atoms with E-state index in [9.17, 15) is 17.6 Å². The standard InChI is InChI=1S/C14H13F4S/c15-11-6-5-10-7-12(9-3-1-2-4-9)19(13(10)8-11)14(16,17)18/h5-9H,1-4H2/q+1. The molecule has 2 aromatic rings. The fourth-order valence-corrected chi connectivity index (χ4v) is 5.07. The van der Waals surface area contributed by atoms with E-state index in [2.05, 4.69) is 0 Å². The van der Waals surface area contributed by atoms with Crippen molar-refractivity contribution in [2.24, 2.45) is 0 Å². The van der Waals surface area contributed by atoms with Gasteiger partial charge in [-0.1, -0.05) is 12.8 Å². The molecular weight excluding hydrogens is 276 g/mol. The van der Waals surface area contributed by atoms with Crippen LogP contribution in [0.4, 0.5) is 17.6 Å². The summed E-state index contributed by atoms with van der Waals surface area (Å²) in [5.74, 6) is -0.581. The molecule has 0 N–H and O–H groups in total. The first-order valence-electron chi connectivity index (χ1n) is 6.29. The summed E-state index contributed by atoms with van der Waals surface area (Å²) in [4.78, 5) is 0.464. The Morgan fingerprint density at radius 3 is 2.37 bits per heavy atom. The minimum absolute atomic E-state index is 0.0143. The summed E-state index contributed by atoms with van der Waals surface area (Å²) < 4.78 is 53.3.